The summed E-state index contributed by atoms with van der Waals surface area (Å²) in [6.45, 7) is 1.76. The third kappa shape index (κ3) is 4.16. The van der Waals surface area contributed by atoms with E-state index < -0.39 is 35.7 Å². The lowest BCUT2D eigenvalue weighted by Gasteiger charge is -2.27. The van der Waals surface area contributed by atoms with Crippen molar-refractivity contribution in [1.29, 1.82) is 0 Å². The first-order chi connectivity index (χ1) is 14.0. The highest BCUT2D eigenvalue weighted by atomic mass is 35.5. The second kappa shape index (κ2) is 7.84. The summed E-state index contributed by atoms with van der Waals surface area (Å²) in [5.74, 6) is 0.366. The van der Waals surface area contributed by atoms with Crippen LogP contribution in [0.2, 0.25) is 5.02 Å². The molecule has 1 aliphatic rings. The summed E-state index contributed by atoms with van der Waals surface area (Å²) in [6, 6.07) is 4.33. The van der Waals surface area contributed by atoms with Crippen molar-refractivity contribution in [2.75, 3.05) is 17.0 Å². The number of aromatic nitrogens is 2. The summed E-state index contributed by atoms with van der Waals surface area (Å²) >= 11 is 6.00. The van der Waals surface area contributed by atoms with E-state index in [1.54, 1.807) is 25.1 Å². The van der Waals surface area contributed by atoms with Crippen molar-refractivity contribution in [3.8, 4) is 12.3 Å². The molecule has 1 atom stereocenters. The van der Waals surface area contributed by atoms with E-state index >= 15 is 0 Å². The van der Waals surface area contributed by atoms with Crippen LogP contribution in [0.15, 0.2) is 24.3 Å². The molecule has 156 valence electrons. The van der Waals surface area contributed by atoms with Gasteiger partial charge in [0.1, 0.15) is 11.7 Å². The third-order valence-electron chi connectivity index (χ3n) is 4.45. The van der Waals surface area contributed by atoms with Gasteiger partial charge in [-0.25, -0.2) is 15.0 Å². The molecule has 2 aromatic rings. The monoisotopic (exact) mass is 437 g/mol. The Hall–Kier alpha value is -3.32. The molecule has 3 rings (SSSR count). The Morgan fingerprint density at radius 3 is 2.67 bits per heavy atom. The number of halogens is 4. The second-order valence-corrected chi connectivity index (χ2v) is 6.94. The summed E-state index contributed by atoms with van der Waals surface area (Å²) in [4.78, 5) is 33.6. The van der Waals surface area contributed by atoms with E-state index in [1.807, 2.05) is 5.92 Å². The average Bonchev–Trinajstić information content (AvgIpc) is 3.09. The number of carbonyl (C=O) groups excluding carboxylic acids is 2. The number of aryl methyl sites for hydroxylation is 1. The van der Waals surface area contributed by atoms with E-state index in [0.717, 1.165) is 10.6 Å². The molecule has 0 bridgehead atoms. The van der Waals surface area contributed by atoms with Crippen molar-refractivity contribution in [3.05, 3.63) is 46.2 Å². The second-order valence-electron chi connectivity index (χ2n) is 6.54. The summed E-state index contributed by atoms with van der Waals surface area (Å²) in [5.41, 5.74) is 1.93. The Balaban J connectivity index is 1.98. The molecule has 0 spiro atoms. The van der Waals surface area contributed by atoms with Crippen molar-refractivity contribution in [3.63, 3.8) is 0 Å². The van der Waals surface area contributed by atoms with Crippen LogP contribution in [0.4, 0.5) is 24.8 Å². The Morgan fingerprint density at radius 1 is 1.37 bits per heavy atom. The summed E-state index contributed by atoms with van der Waals surface area (Å²) in [5, 5.41) is 1.41. The zero-order valence-corrected chi connectivity index (χ0v) is 16.5. The molecule has 1 aromatic heterocycles. The van der Waals surface area contributed by atoms with Crippen molar-refractivity contribution in [2.45, 2.75) is 25.6 Å². The molecule has 11 heteroatoms. The number of rotatable bonds is 3. The van der Waals surface area contributed by atoms with E-state index in [9.17, 15) is 22.8 Å². The van der Waals surface area contributed by atoms with E-state index in [2.05, 4.69) is 15.4 Å². The van der Waals surface area contributed by atoms with Gasteiger partial charge in [0.05, 0.1) is 6.42 Å². The molecule has 1 unspecified atom stereocenters. The molecule has 7 nitrogen and oxygen atoms in total. The lowest BCUT2D eigenvalue weighted by Crippen LogP contribution is -2.48. The SMILES string of the molecule is C#Cc1cc(C(F)(F)F)nc(N2NC(=O)CC2C(=O)N(C)c2ccc(Cl)c(C)c2)n1. The van der Waals surface area contributed by atoms with Gasteiger partial charge in [-0.05, 0) is 30.7 Å². The lowest BCUT2D eigenvalue weighted by molar-refractivity contribution is -0.141. The first-order valence-electron chi connectivity index (χ1n) is 8.56. The fraction of sp³-hybridized carbons (Fsp3) is 0.263. The van der Waals surface area contributed by atoms with Gasteiger partial charge in [-0.3, -0.25) is 15.0 Å². The largest absolute Gasteiger partial charge is 0.433 e. The van der Waals surface area contributed by atoms with Crippen LogP contribution in [-0.2, 0) is 15.8 Å². The maximum absolute atomic E-state index is 13.2. The molecule has 0 saturated carbocycles. The molecule has 1 N–H and O–H groups in total. The van der Waals surface area contributed by atoms with Gasteiger partial charge in [0.15, 0.2) is 5.69 Å². The van der Waals surface area contributed by atoms with Crippen molar-refractivity contribution >= 4 is 35.1 Å². The number of benzene rings is 1. The van der Waals surface area contributed by atoms with Crippen molar-refractivity contribution in [1.82, 2.24) is 15.4 Å². The number of hydrogen-bond donors (Lipinski definition) is 1. The number of nitrogens with zero attached hydrogens (tertiary/aromatic N) is 4. The van der Waals surface area contributed by atoms with E-state index in [-0.39, 0.29) is 12.1 Å². The number of terminal acetylenes is 1. The van der Waals surface area contributed by atoms with Crippen LogP contribution in [0.25, 0.3) is 0 Å². The first kappa shape index (κ1) is 21.4. The van der Waals surface area contributed by atoms with Crippen molar-refractivity contribution in [2.24, 2.45) is 0 Å². The highest BCUT2D eigenvalue weighted by Crippen LogP contribution is 2.30. The van der Waals surface area contributed by atoms with Crippen LogP contribution in [0.1, 0.15) is 23.4 Å². The van der Waals surface area contributed by atoms with Gasteiger partial charge in [0.2, 0.25) is 11.9 Å². The van der Waals surface area contributed by atoms with Crippen LogP contribution in [0, 0.1) is 19.3 Å². The Bertz CT molecular complexity index is 1070. The topological polar surface area (TPSA) is 78.4 Å². The molecule has 1 aromatic carbocycles. The molecule has 1 aliphatic heterocycles. The number of carbonyl (C=O) groups is 2. The summed E-state index contributed by atoms with van der Waals surface area (Å²) in [7, 11) is 1.48. The Labute approximate surface area is 174 Å². The molecule has 1 fully saturated rings. The molecule has 0 radical (unpaired) electrons. The number of likely N-dealkylation sites (N-methyl/N-ethyl adjacent to an activating group) is 1. The van der Waals surface area contributed by atoms with Gasteiger partial charge in [0.25, 0.3) is 5.91 Å². The molecular formula is C19H15ClF3N5O2. The minimum absolute atomic E-state index is 0.291. The van der Waals surface area contributed by atoms with E-state index in [0.29, 0.717) is 16.8 Å². The van der Waals surface area contributed by atoms with Crippen LogP contribution in [0.5, 0.6) is 0 Å². The summed E-state index contributed by atoms with van der Waals surface area (Å²) in [6.07, 6.45) is 0.124. The van der Waals surface area contributed by atoms with Crippen LogP contribution in [-0.4, -0.2) is 34.9 Å². The molecular weight excluding hydrogens is 423 g/mol. The maximum Gasteiger partial charge on any atom is 0.433 e. The Morgan fingerprint density at radius 2 is 2.07 bits per heavy atom. The molecule has 2 amide bonds. The lowest BCUT2D eigenvalue weighted by atomic mass is 10.1. The van der Waals surface area contributed by atoms with Gasteiger partial charge >= 0.3 is 6.18 Å². The predicted octanol–water partition coefficient (Wildman–Crippen LogP) is 2.71. The van der Waals surface area contributed by atoms with Gasteiger partial charge < -0.3 is 4.90 Å². The summed E-state index contributed by atoms with van der Waals surface area (Å²) < 4.78 is 39.5. The van der Waals surface area contributed by atoms with Crippen LogP contribution >= 0.6 is 11.6 Å². The van der Waals surface area contributed by atoms with Gasteiger partial charge in [-0.1, -0.05) is 17.5 Å². The molecule has 2 heterocycles. The number of amides is 2. The average molecular weight is 438 g/mol. The predicted molar refractivity (Wildman–Crippen MR) is 104 cm³/mol. The highest BCUT2D eigenvalue weighted by molar-refractivity contribution is 6.31. The number of alkyl halides is 3. The van der Waals surface area contributed by atoms with E-state index in [1.165, 1.54) is 11.9 Å². The zero-order chi connectivity index (χ0) is 22.2. The quantitative estimate of drug-likeness (QED) is 0.747. The maximum atomic E-state index is 13.2. The van der Waals surface area contributed by atoms with Gasteiger partial charge in [0, 0.05) is 23.8 Å². The smallest absolute Gasteiger partial charge is 0.314 e. The van der Waals surface area contributed by atoms with Gasteiger partial charge in [-0.2, -0.15) is 13.2 Å². The highest BCUT2D eigenvalue weighted by Gasteiger charge is 2.41. The number of anilines is 2. The van der Waals surface area contributed by atoms with Crippen LogP contribution in [0.3, 0.4) is 0 Å². The third-order valence-corrected chi connectivity index (χ3v) is 4.87. The minimum Gasteiger partial charge on any atom is -0.314 e. The fourth-order valence-corrected chi connectivity index (χ4v) is 2.98. The molecule has 1 saturated heterocycles. The van der Waals surface area contributed by atoms with Crippen LogP contribution < -0.4 is 15.3 Å². The molecule has 0 aliphatic carbocycles. The minimum atomic E-state index is -4.79. The van der Waals surface area contributed by atoms with Gasteiger partial charge in [-0.15, -0.1) is 6.42 Å². The fourth-order valence-electron chi connectivity index (χ4n) is 2.86. The molecule has 30 heavy (non-hydrogen) atoms. The standard InChI is InChI=1S/C19H15ClF3N5O2/c1-4-11-8-15(19(21,22)23)25-18(24-11)28-14(9-16(29)26-28)17(30)27(3)12-5-6-13(20)10(2)7-12/h1,5-8,14H,9H2,2-3H3,(H,26,29). The van der Waals surface area contributed by atoms with E-state index in [4.69, 9.17) is 18.0 Å². The first-order valence-corrected chi connectivity index (χ1v) is 8.94. The number of hydrazine groups is 1. The normalized spacial score (nSPS) is 16.2. The number of nitrogens with one attached hydrogen (secondary N) is 1. The zero-order valence-electron chi connectivity index (χ0n) is 15.8. The Kier molecular flexibility index (Phi) is 5.59. The number of hydrogen-bond acceptors (Lipinski definition) is 5. The van der Waals surface area contributed by atoms with Crippen molar-refractivity contribution < 1.29 is 22.8 Å².